The Morgan fingerprint density at radius 3 is 2.69 bits per heavy atom. The Labute approximate surface area is 177 Å². The van der Waals surface area contributed by atoms with Crippen molar-refractivity contribution in [1.29, 1.82) is 0 Å². The molecule has 1 aromatic carbocycles. The van der Waals surface area contributed by atoms with Crippen LogP contribution in [0.3, 0.4) is 0 Å². The lowest BCUT2D eigenvalue weighted by Gasteiger charge is -2.30. The van der Waals surface area contributed by atoms with E-state index in [4.69, 9.17) is 25.8 Å². The summed E-state index contributed by atoms with van der Waals surface area (Å²) in [5, 5.41) is 3.38. The Bertz CT molecular complexity index is 749. The van der Waals surface area contributed by atoms with Gasteiger partial charge in [0.25, 0.3) is 5.91 Å². The third-order valence-electron chi connectivity index (χ3n) is 5.05. The Kier molecular flexibility index (Phi) is 8.83. The van der Waals surface area contributed by atoms with Gasteiger partial charge in [0.05, 0.1) is 18.7 Å². The first-order valence-electron chi connectivity index (χ1n) is 10.0. The fourth-order valence-corrected chi connectivity index (χ4v) is 3.66. The van der Waals surface area contributed by atoms with Gasteiger partial charge in [0, 0.05) is 12.1 Å². The predicted molar refractivity (Wildman–Crippen MR) is 113 cm³/mol. The van der Waals surface area contributed by atoms with Gasteiger partial charge in [-0.05, 0) is 56.4 Å². The average molecular weight is 424 g/mol. The molecule has 1 amide bonds. The van der Waals surface area contributed by atoms with Crippen molar-refractivity contribution in [1.82, 2.24) is 5.32 Å². The smallest absolute Gasteiger partial charge is 0.331 e. The van der Waals surface area contributed by atoms with Gasteiger partial charge in [-0.2, -0.15) is 0 Å². The van der Waals surface area contributed by atoms with E-state index in [1.54, 1.807) is 25.1 Å². The van der Waals surface area contributed by atoms with Gasteiger partial charge >= 0.3 is 5.97 Å². The Morgan fingerprint density at radius 2 is 2.03 bits per heavy atom. The second-order valence-electron chi connectivity index (χ2n) is 7.26. The van der Waals surface area contributed by atoms with E-state index in [1.165, 1.54) is 19.6 Å². The van der Waals surface area contributed by atoms with Gasteiger partial charge in [-0.15, -0.1) is 0 Å². The van der Waals surface area contributed by atoms with Gasteiger partial charge in [0.15, 0.2) is 17.6 Å². The number of carbonyl (C=O) groups excluding carboxylic acids is 2. The number of methoxy groups -OCH3 is 1. The largest absolute Gasteiger partial charge is 0.493 e. The summed E-state index contributed by atoms with van der Waals surface area (Å²) in [5.74, 6) is 0.500. The van der Waals surface area contributed by atoms with E-state index in [9.17, 15) is 9.59 Å². The van der Waals surface area contributed by atoms with Gasteiger partial charge in [-0.25, -0.2) is 4.79 Å². The summed E-state index contributed by atoms with van der Waals surface area (Å²) in [6, 6.07) is 3.52. The zero-order chi connectivity index (χ0) is 21.4. The highest BCUT2D eigenvalue weighted by molar-refractivity contribution is 6.32. The molecule has 0 unspecified atom stereocenters. The standard InChI is InChI=1S/C22H30ClNO5/c1-5-28-21-17(23)12-16(13-19(21)27-4)10-11-20(25)29-15(3)22(26)24-18-9-7-6-8-14(18)2/h10-15,18H,5-9H2,1-4H3,(H,24,26)/b11-10+/t14-,15+,18+/m0/s1. The van der Waals surface area contributed by atoms with Crippen molar-refractivity contribution in [3.8, 4) is 11.5 Å². The number of halogens is 1. The van der Waals surface area contributed by atoms with Crippen molar-refractivity contribution in [3.05, 3.63) is 28.8 Å². The van der Waals surface area contributed by atoms with Crippen molar-refractivity contribution in [2.24, 2.45) is 5.92 Å². The van der Waals surface area contributed by atoms with Gasteiger partial charge in [-0.3, -0.25) is 4.79 Å². The zero-order valence-corrected chi connectivity index (χ0v) is 18.3. The number of nitrogens with one attached hydrogen (secondary N) is 1. The zero-order valence-electron chi connectivity index (χ0n) is 17.5. The highest BCUT2D eigenvalue weighted by Gasteiger charge is 2.26. The maximum absolute atomic E-state index is 12.3. The first kappa shape index (κ1) is 23.1. The lowest BCUT2D eigenvalue weighted by Crippen LogP contribution is -2.45. The first-order chi connectivity index (χ1) is 13.8. The molecule has 0 spiro atoms. The summed E-state index contributed by atoms with van der Waals surface area (Å²) in [5.41, 5.74) is 0.653. The van der Waals surface area contributed by atoms with E-state index < -0.39 is 12.1 Å². The third kappa shape index (κ3) is 6.67. The highest BCUT2D eigenvalue weighted by atomic mass is 35.5. The number of amides is 1. The molecule has 2 rings (SSSR count). The fraction of sp³-hybridized carbons (Fsp3) is 0.545. The molecule has 7 heteroatoms. The molecule has 1 saturated carbocycles. The second-order valence-corrected chi connectivity index (χ2v) is 7.66. The van der Waals surface area contributed by atoms with Crippen LogP contribution in [-0.2, 0) is 14.3 Å². The monoisotopic (exact) mass is 423 g/mol. The van der Waals surface area contributed by atoms with E-state index in [0.29, 0.717) is 34.6 Å². The Hall–Kier alpha value is -2.21. The summed E-state index contributed by atoms with van der Waals surface area (Å²) in [4.78, 5) is 24.5. The molecule has 1 aliphatic carbocycles. The summed E-state index contributed by atoms with van der Waals surface area (Å²) < 4.78 is 16.0. The first-order valence-corrected chi connectivity index (χ1v) is 10.4. The van der Waals surface area contributed by atoms with Crippen LogP contribution in [-0.4, -0.2) is 37.7 Å². The van der Waals surface area contributed by atoms with Crippen LogP contribution in [0.1, 0.15) is 52.0 Å². The van der Waals surface area contributed by atoms with E-state index in [1.807, 2.05) is 6.92 Å². The number of esters is 1. The minimum absolute atomic E-state index is 0.145. The minimum atomic E-state index is -0.861. The summed E-state index contributed by atoms with van der Waals surface area (Å²) in [6.45, 7) is 6.02. The van der Waals surface area contributed by atoms with Crippen LogP contribution in [0.4, 0.5) is 0 Å². The van der Waals surface area contributed by atoms with Crippen molar-refractivity contribution < 1.29 is 23.8 Å². The van der Waals surface area contributed by atoms with Gasteiger partial charge in [-0.1, -0.05) is 31.4 Å². The van der Waals surface area contributed by atoms with Crippen molar-refractivity contribution in [2.75, 3.05) is 13.7 Å². The Morgan fingerprint density at radius 1 is 1.31 bits per heavy atom. The molecular formula is C22H30ClNO5. The van der Waals surface area contributed by atoms with E-state index in [0.717, 1.165) is 19.3 Å². The number of rotatable bonds is 8. The van der Waals surface area contributed by atoms with Crippen LogP contribution in [0.2, 0.25) is 5.02 Å². The second kappa shape index (κ2) is 11.1. The number of carbonyl (C=O) groups is 2. The van der Waals surface area contributed by atoms with Crippen LogP contribution in [0.25, 0.3) is 6.08 Å². The number of ether oxygens (including phenoxy) is 3. The molecule has 0 bridgehead atoms. The number of hydrogen-bond acceptors (Lipinski definition) is 5. The molecule has 160 valence electrons. The van der Waals surface area contributed by atoms with E-state index in [2.05, 4.69) is 12.2 Å². The van der Waals surface area contributed by atoms with E-state index >= 15 is 0 Å². The maximum atomic E-state index is 12.3. The minimum Gasteiger partial charge on any atom is -0.493 e. The predicted octanol–water partition coefficient (Wildman–Crippen LogP) is 4.39. The lowest BCUT2D eigenvalue weighted by atomic mass is 9.86. The fourth-order valence-electron chi connectivity index (χ4n) is 3.38. The highest BCUT2D eigenvalue weighted by Crippen LogP contribution is 2.36. The molecule has 0 aliphatic heterocycles. The van der Waals surface area contributed by atoms with E-state index in [-0.39, 0.29) is 11.9 Å². The molecule has 0 aromatic heterocycles. The molecule has 0 saturated heterocycles. The molecule has 1 N–H and O–H groups in total. The van der Waals surface area contributed by atoms with Gasteiger partial charge in [0.1, 0.15) is 0 Å². The molecule has 1 aromatic rings. The van der Waals surface area contributed by atoms with Crippen LogP contribution < -0.4 is 14.8 Å². The van der Waals surface area contributed by atoms with Gasteiger partial charge in [0.2, 0.25) is 0 Å². The molecule has 29 heavy (non-hydrogen) atoms. The number of hydrogen-bond donors (Lipinski definition) is 1. The summed E-state index contributed by atoms with van der Waals surface area (Å²) >= 11 is 6.23. The molecule has 1 fully saturated rings. The third-order valence-corrected chi connectivity index (χ3v) is 5.33. The van der Waals surface area contributed by atoms with Crippen LogP contribution >= 0.6 is 11.6 Å². The van der Waals surface area contributed by atoms with Crippen molar-refractivity contribution >= 4 is 29.6 Å². The maximum Gasteiger partial charge on any atom is 0.331 e. The molecule has 6 nitrogen and oxygen atoms in total. The molecular weight excluding hydrogens is 394 g/mol. The van der Waals surface area contributed by atoms with Gasteiger partial charge < -0.3 is 19.5 Å². The quantitative estimate of drug-likeness (QED) is 0.496. The molecule has 0 radical (unpaired) electrons. The van der Waals surface area contributed by atoms with Crippen molar-refractivity contribution in [2.45, 2.75) is 58.6 Å². The van der Waals surface area contributed by atoms with Crippen LogP contribution in [0.5, 0.6) is 11.5 Å². The normalized spacial score (nSPS) is 20.2. The summed E-state index contributed by atoms with van der Waals surface area (Å²) in [6.07, 6.45) is 6.34. The van der Waals surface area contributed by atoms with Crippen molar-refractivity contribution in [3.63, 3.8) is 0 Å². The lowest BCUT2D eigenvalue weighted by molar-refractivity contribution is -0.150. The molecule has 0 heterocycles. The average Bonchev–Trinajstić information content (AvgIpc) is 2.69. The SMILES string of the molecule is CCOc1c(Cl)cc(/C=C/C(=O)O[C@H](C)C(=O)N[C@@H]2CCCC[C@@H]2C)cc1OC. The Balaban J connectivity index is 1.94. The summed E-state index contributed by atoms with van der Waals surface area (Å²) in [7, 11) is 1.52. The topological polar surface area (TPSA) is 73.9 Å². The molecule has 1 aliphatic rings. The number of benzene rings is 1. The molecule has 3 atom stereocenters. The van der Waals surface area contributed by atoms with Crippen LogP contribution in [0.15, 0.2) is 18.2 Å². The van der Waals surface area contributed by atoms with Crippen LogP contribution in [0, 0.1) is 5.92 Å².